The molecular weight excluding hydrogens is 441 g/mol. The van der Waals surface area contributed by atoms with Gasteiger partial charge >= 0.3 is 0 Å². The van der Waals surface area contributed by atoms with Gasteiger partial charge in [-0.25, -0.2) is 9.97 Å². The molecule has 0 saturated heterocycles. The molecular formula is C21H21Cl2N5OS. The summed E-state index contributed by atoms with van der Waals surface area (Å²) >= 11 is 7.73. The topological polar surface area (TPSA) is 62.2 Å². The summed E-state index contributed by atoms with van der Waals surface area (Å²) < 4.78 is 0.995. The lowest BCUT2D eigenvalue weighted by Crippen LogP contribution is -2.37. The standard InChI is InChI=1S/C21H20ClN5OS.ClH/c1-13-14(22)8-9-18-19(13)25-21(29-18)27(11-10-26(2)3)20(28)17-12-23-15-6-4-5-7-16(15)24-17;/h4-9,12H,10-11H2,1-3H3;1H. The van der Waals surface area contributed by atoms with E-state index in [2.05, 4.69) is 9.97 Å². The summed E-state index contributed by atoms with van der Waals surface area (Å²) in [7, 11) is 3.95. The number of halogens is 2. The summed E-state index contributed by atoms with van der Waals surface area (Å²) in [5, 5.41) is 1.30. The SMILES string of the molecule is Cc1c(Cl)ccc2sc(N(CCN(C)C)C(=O)c3cnc4ccccc4n3)nc12.Cl. The number of rotatable bonds is 5. The van der Waals surface area contributed by atoms with Gasteiger partial charge in [0.05, 0.1) is 27.4 Å². The molecule has 4 rings (SSSR count). The zero-order valence-electron chi connectivity index (χ0n) is 16.8. The van der Waals surface area contributed by atoms with Crippen molar-refractivity contribution in [2.24, 2.45) is 0 Å². The number of aryl methyl sites for hydroxylation is 1. The average molecular weight is 462 g/mol. The maximum Gasteiger partial charge on any atom is 0.280 e. The molecule has 156 valence electrons. The van der Waals surface area contributed by atoms with Crippen LogP contribution in [0, 0.1) is 6.92 Å². The first-order valence-corrected chi connectivity index (χ1v) is 10.4. The van der Waals surface area contributed by atoms with Crippen LogP contribution in [0.1, 0.15) is 16.1 Å². The van der Waals surface area contributed by atoms with Crippen LogP contribution in [0.25, 0.3) is 21.3 Å². The summed E-state index contributed by atoms with van der Waals surface area (Å²) in [5.74, 6) is -0.215. The van der Waals surface area contributed by atoms with Crippen LogP contribution >= 0.6 is 35.3 Å². The van der Waals surface area contributed by atoms with Gasteiger partial charge in [0, 0.05) is 18.1 Å². The van der Waals surface area contributed by atoms with Crippen LogP contribution in [-0.2, 0) is 0 Å². The highest BCUT2D eigenvalue weighted by molar-refractivity contribution is 7.22. The largest absolute Gasteiger partial charge is 0.308 e. The lowest BCUT2D eigenvalue weighted by molar-refractivity contribution is 0.0980. The smallest absolute Gasteiger partial charge is 0.280 e. The number of hydrogen-bond donors (Lipinski definition) is 0. The van der Waals surface area contributed by atoms with Crippen LogP contribution in [0.5, 0.6) is 0 Å². The van der Waals surface area contributed by atoms with E-state index in [9.17, 15) is 4.79 Å². The Kier molecular flexibility index (Phi) is 6.88. The van der Waals surface area contributed by atoms with Crippen LogP contribution in [0.15, 0.2) is 42.6 Å². The molecule has 0 radical (unpaired) electrons. The molecule has 0 unspecified atom stereocenters. The van der Waals surface area contributed by atoms with E-state index >= 15 is 0 Å². The Balaban J connectivity index is 0.00000256. The third-order valence-electron chi connectivity index (χ3n) is 4.65. The quantitative estimate of drug-likeness (QED) is 0.425. The molecule has 0 spiro atoms. The summed E-state index contributed by atoms with van der Waals surface area (Å²) in [5.41, 5.74) is 3.49. The lowest BCUT2D eigenvalue weighted by Gasteiger charge is -2.21. The molecule has 1 amide bonds. The second-order valence-electron chi connectivity index (χ2n) is 7.02. The number of aromatic nitrogens is 3. The molecule has 6 nitrogen and oxygen atoms in total. The van der Waals surface area contributed by atoms with E-state index in [-0.39, 0.29) is 18.3 Å². The minimum Gasteiger partial charge on any atom is -0.308 e. The Morgan fingerprint density at radius 1 is 1.07 bits per heavy atom. The molecule has 30 heavy (non-hydrogen) atoms. The minimum atomic E-state index is -0.215. The molecule has 0 bridgehead atoms. The number of benzene rings is 2. The van der Waals surface area contributed by atoms with Crippen molar-refractivity contribution in [3.05, 3.63) is 58.9 Å². The Bertz CT molecular complexity index is 1210. The Morgan fingerprint density at radius 3 is 2.53 bits per heavy atom. The van der Waals surface area contributed by atoms with Gasteiger partial charge in [-0.3, -0.25) is 14.7 Å². The van der Waals surface area contributed by atoms with Crippen molar-refractivity contribution in [2.45, 2.75) is 6.92 Å². The number of carbonyl (C=O) groups is 1. The van der Waals surface area contributed by atoms with Crippen molar-refractivity contribution in [1.29, 1.82) is 0 Å². The van der Waals surface area contributed by atoms with E-state index in [1.807, 2.05) is 62.3 Å². The predicted octanol–water partition coefficient (Wildman–Crippen LogP) is 4.83. The third kappa shape index (κ3) is 4.39. The fourth-order valence-electron chi connectivity index (χ4n) is 2.99. The molecule has 0 N–H and O–H groups in total. The number of likely N-dealkylation sites (N-methyl/N-ethyl adjacent to an activating group) is 1. The fraction of sp³-hybridized carbons (Fsp3) is 0.238. The molecule has 2 aromatic carbocycles. The van der Waals surface area contributed by atoms with Gasteiger partial charge < -0.3 is 4.90 Å². The van der Waals surface area contributed by atoms with E-state index in [1.165, 1.54) is 17.5 Å². The molecule has 2 heterocycles. The highest BCUT2D eigenvalue weighted by Crippen LogP contribution is 2.34. The molecule has 0 saturated carbocycles. The van der Waals surface area contributed by atoms with Crippen LogP contribution in [0.2, 0.25) is 5.02 Å². The molecule has 0 atom stereocenters. The monoisotopic (exact) mass is 461 g/mol. The van der Waals surface area contributed by atoms with Gasteiger partial charge in [0.1, 0.15) is 5.69 Å². The number of carbonyl (C=O) groups excluding carboxylic acids is 1. The molecule has 0 aliphatic heterocycles. The number of nitrogens with zero attached hydrogens (tertiary/aromatic N) is 5. The van der Waals surface area contributed by atoms with E-state index in [0.717, 1.165) is 21.3 Å². The van der Waals surface area contributed by atoms with Crippen molar-refractivity contribution in [3.8, 4) is 0 Å². The summed E-state index contributed by atoms with van der Waals surface area (Å²) in [6, 6.07) is 11.3. The number of anilines is 1. The highest BCUT2D eigenvalue weighted by atomic mass is 35.5. The van der Waals surface area contributed by atoms with Crippen LogP contribution in [0.3, 0.4) is 0 Å². The summed E-state index contributed by atoms with van der Waals surface area (Å²) in [6.45, 7) is 3.13. The Labute approximate surface area is 189 Å². The molecule has 0 aliphatic rings. The van der Waals surface area contributed by atoms with Crippen molar-refractivity contribution in [3.63, 3.8) is 0 Å². The molecule has 0 aliphatic carbocycles. The fourth-order valence-corrected chi connectivity index (χ4v) is 4.19. The molecule has 0 fully saturated rings. The zero-order chi connectivity index (χ0) is 20.5. The number of fused-ring (bicyclic) bond motifs is 2. The number of thiazole rings is 1. The summed E-state index contributed by atoms with van der Waals surface area (Å²) in [6.07, 6.45) is 1.53. The van der Waals surface area contributed by atoms with E-state index in [1.54, 1.807) is 4.90 Å². The molecule has 9 heteroatoms. The first kappa shape index (κ1) is 22.4. The molecule has 2 aromatic heterocycles. The van der Waals surface area contributed by atoms with Gasteiger partial charge in [0.2, 0.25) is 0 Å². The predicted molar refractivity (Wildman–Crippen MR) is 126 cm³/mol. The van der Waals surface area contributed by atoms with Crippen molar-refractivity contribution in [1.82, 2.24) is 19.9 Å². The zero-order valence-corrected chi connectivity index (χ0v) is 19.2. The average Bonchev–Trinajstić information content (AvgIpc) is 3.15. The molecule has 4 aromatic rings. The maximum absolute atomic E-state index is 13.4. The van der Waals surface area contributed by atoms with Crippen molar-refractivity contribution >= 4 is 67.6 Å². The normalized spacial score (nSPS) is 11.1. The Hall–Kier alpha value is -2.32. The highest BCUT2D eigenvalue weighted by Gasteiger charge is 2.23. The minimum absolute atomic E-state index is 0. The maximum atomic E-state index is 13.4. The first-order chi connectivity index (χ1) is 13.9. The van der Waals surface area contributed by atoms with E-state index in [0.29, 0.717) is 34.5 Å². The van der Waals surface area contributed by atoms with Gasteiger partial charge in [-0.2, -0.15) is 0 Å². The van der Waals surface area contributed by atoms with Crippen LogP contribution in [0.4, 0.5) is 5.13 Å². The second-order valence-corrected chi connectivity index (χ2v) is 8.44. The van der Waals surface area contributed by atoms with Crippen molar-refractivity contribution in [2.75, 3.05) is 32.1 Å². The van der Waals surface area contributed by atoms with Gasteiger partial charge in [0.25, 0.3) is 5.91 Å². The Morgan fingerprint density at radius 2 is 1.80 bits per heavy atom. The van der Waals surface area contributed by atoms with Gasteiger partial charge in [0.15, 0.2) is 5.13 Å². The third-order valence-corrected chi connectivity index (χ3v) is 6.10. The first-order valence-electron chi connectivity index (χ1n) is 9.18. The van der Waals surface area contributed by atoms with Gasteiger partial charge in [-0.05, 0) is 50.8 Å². The second kappa shape index (κ2) is 9.22. The van der Waals surface area contributed by atoms with Gasteiger partial charge in [-0.15, -0.1) is 12.4 Å². The van der Waals surface area contributed by atoms with E-state index in [4.69, 9.17) is 16.6 Å². The number of hydrogen-bond acceptors (Lipinski definition) is 6. The van der Waals surface area contributed by atoms with Crippen LogP contribution < -0.4 is 4.90 Å². The van der Waals surface area contributed by atoms with E-state index < -0.39 is 0 Å². The van der Waals surface area contributed by atoms with Crippen molar-refractivity contribution < 1.29 is 4.79 Å². The van der Waals surface area contributed by atoms with Crippen LogP contribution in [-0.4, -0.2) is 52.9 Å². The number of amides is 1. The number of para-hydroxylation sites is 2. The summed E-state index contributed by atoms with van der Waals surface area (Å²) in [4.78, 5) is 30.7. The lowest BCUT2D eigenvalue weighted by atomic mass is 10.2. The van der Waals surface area contributed by atoms with Gasteiger partial charge in [-0.1, -0.05) is 35.1 Å².